The van der Waals surface area contributed by atoms with Crippen molar-refractivity contribution in [1.82, 2.24) is 15.0 Å². The van der Waals surface area contributed by atoms with Gasteiger partial charge in [-0.05, 0) is 38.8 Å². The first-order valence-corrected chi connectivity index (χ1v) is 8.54. The number of nitrogens with zero attached hydrogens (tertiary/aromatic N) is 2. The van der Waals surface area contributed by atoms with Crippen molar-refractivity contribution in [3.8, 4) is 0 Å². The number of hydrogen-bond donors (Lipinski definition) is 1. The van der Waals surface area contributed by atoms with E-state index in [9.17, 15) is 0 Å². The predicted molar refractivity (Wildman–Crippen MR) is 96.9 cm³/mol. The molecule has 4 heteroatoms. The minimum absolute atomic E-state index is 0.914. The summed E-state index contributed by atoms with van der Waals surface area (Å²) in [4.78, 5) is 5.97. The van der Waals surface area contributed by atoms with E-state index in [4.69, 9.17) is 4.52 Å². The molecule has 0 saturated carbocycles. The van der Waals surface area contributed by atoms with Crippen LogP contribution in [0.15, 0.2) is 34.9 Å². The van der Waals surface area contributed by atoms with E-state index in [1.165, 1.54) is 33.3 Å². The third kappa shape index (κ3) is 2.57. The number of aryl methyl sites for hydroxylation is 3. The summed E-state index contributed by atoms with van der Waals surface area (Å²) < 4.78 is 5.28. The molecule has 0 unspecified atom stereocenters. The van der Waals surface area contributed by atoms with E-state index in [0.717, 1.165) is 37.5 Å². The van der Waals surface area contributed by atoms with Crippen LogP contribution in [0.4, 0.5) is 0 Å². The highest BCUT2D eigenvalue weighted by atomic mass is 16.5. The molecule has 3 aromatic rings. The largest absolute Gasteiger partial charge is 0.361 e. The highest BCUT2D eigenvalue weighted by molar-refractivity contribution is 5.94. The molecule has 1 aromatic carbocycles. The summed E-state index contributed by atoms with van der Waals surface area (Å²) in [6.45, 7) is 9.14. The molecule has 4 rings (SSSR count). The van der Waals surface area contributed by atoms with E-state index < -0.39 is 0 Å². The van der Waals surface area contributed by atoms with Crippen molar-refractivity contribution >= 4 is 16.5 Å². The maximum atomic E-state index is 5.28. The minimum atomic E-state index is 0.914. The molecule has 24 heavy (non-hydrogen) atoms. The van der Waals surface area contributed by atoms with Crippen LogP contribution in [0.3, 0.4) is 0 Å². The Morgan fingerprint density at radius 3 is 2.75 bits per heavy atom. The molecule has 0 spiro atoms. The third-order valence-corrected chi connectivity index (χ3v) is 5.07. The van der Waals surface area contributed by atoms with Gasteiger partial charge in [0.15, 0.2) is 0 Å². The lowest BCUT2D eigenvalue weighted by molar-refractivity contribution is 0.291. The first-order chi connectivity index (χ1) is 11.6. The number of aromatic nitrogens is 2. The number of nitrogens with one attached hydrogen (secondary N) is 1. The van der Waals surface area contributed by atoms with Crippen LogP contribution in [0.1, 0.15) is 34.7 Å². The lowest BCUT2D eigenvalue weighted by atomic mass is 9.96. The topological polar surface area (TPSA) is 45.1 Å². The van der Waals surface area contributed by atoms with Crippen molar-refractivity contribution in [2.75, 3.05) is 13.1 Å². The van der Waals surface area contributed by atoms with Gasteiger partial charge in [0, 0.05) is 47.4 Å². The zero-order chi connectivity index (χ0) is 16.7. The predicted octanol–water partition coefficient (Wildman–Crippen LogP) is 4.37. The average Bonchev–Trinajstić information content (AvgIpc) is 3.09. The van der Waals surface area contributed by atoms with Gasteiger partial charge < -0.3 is 9.51 Å². The summed E-state index contributed by atoms with van der Waals surface area (Å²) in [5.41, 5.74) is 7.58. The molecule has 3 heterocycles. The van der Waals surface area contributed by atoms with Crippen LogP contribution < -0.4 is 0 Å². The molecule has 1 aliphatic rings. The molecule has 1 N–H and O–H groups in total. The highest BCUT2D eigenvalue weighted by Crippen LogP contribution is 2.32. The number of aromatic amines is 1. The third-order valence-electron chi connectivity index (χ3n) is 5.07. The molecular formula is C20H23N3O. The van der Waals surface area contributed by atoms with Crippen LogP contribution in [0.5, 0.6) is 0 Å². The fourth-order valence-corrected chi connectivity index (χ4v) is 3.72. The Balaban J connectivity index is 1.57. The summed E-state index contributed by atoms with van der Waals surface area (Å²) >= 11 is 0. The number of para-hydroxylation sites is 1. The van der Waals surface area contributed by atoms with Crippen molar-refractivity contribution in [3.63, 3.8) is 0 Å². The maximum Gasteiger partial charge on any atom is 0.138 e. The lowest BCUT2D eigenvalue weighted by Crippen LogP contribution is -2.28. The molecule has 0 fully saturated rings. The van der Waals surface area contributed by atoms with Crippen LogP contribution in [-0.2, 0) is 6.54 Å². The van der Waals surface area contributed by atoms with Crippen LogP contribution in [0, 0.1) is 20.8 Å². The van der Waals surface area contributed by atoms with Gasteiger partial charge in [-0.1, -0.05) is 29.4 Å². The van der Waals surface area contributed by atoms with Crippen molar-refractivity contribution in [3.05, 3.63) is 58.6 Å². The van der Waals surface area contributed by atoms with E-state index in [-0.39, 0.29) is 0 Å². The van der Waals surface area contributed by atoms with Crippen LogP contribution in [0.25, 0.3) is 16.5 Å². The quantitative estimate of drug-likeness (QED) is 0.779. The molecular weight excluding hydrogens is 298 g/mol. The van der Waals surface area contributed by atoms with E-state index in [0.29, 0.717) is 0 Å². The monoisotopic (exact) mass is 321 g/mol. The second-order valence-corrected chi connectivity index (χ2v) is 6.69. The molecule has 2 aromatic heterocycles. The maximum absolute atomic E-state index is 5.28. The number of hydrogen-bond acceptors (Lipinski definition) is 3. The van der Waals surface area contributed by atoms with Crippen molar-refractivity contribution in [2.24, 2.45) is 0 Å². The van der Waals surface area contributed by atoms with Gasteiger partial charge in [0.2, 0.25) is 0 Å². The van der Waals surface area contributed by atoms with E-state index >= 15 is 0 Å². The Hall–Kier alpha value is -2.33. The smallest absolute Gasteiger partial charge is 0.138 e. The van der Waals surface area contributed by atoms with Crippen molar-refractivity contribution in [2.45, 2.75) is 33.7 Å². The van der Waals surface area contributed by atoms with Gasteiger partial charge in [0.1, 0.15) is 5.76 Å². The van der Waals surface area contributed by atoms with Gasteiger partial charge in [-0.25, -0.2) is 0 Å². The minimum Gasteiger partial charge on any atom is -0.361 e. The molecule has 0 atom stereocenters. The van der Waals surface area contributed by atoms with E-state index in [1.807, 2.05) is 13.8 Å². The van der Waals surface area contributed by atoms with Crippen LogP contribution in [0.2, 0.25) is 0 Å². The molecule has 0 bridgehead atoms. The zero-order valence-electron chi connectivity index (χ0n) is 14.5. The van der Waals surface area contributed by atoms with E-state index in [1.54, 1.807) is 0 Å². The summed E-state index contributed by atoms with van der Waals surface area (Å²) in [6, 6.07) is 8.57. The fourth-order valence-electron chi connectivity index (χ4n) is 3.72. The van der Waals surface area contributed by atoms with Gasteiger partial charge in [0.05, 0.1) is 5.69 Å². The summed E-state index contributed by atoms with van der Waals surface area (Å²) in [7, 11) is 0. The Kier molecular flexibility index (Phi) is 3.77. The first-order valence-electron chi connectivity index (χ1n) is 8.54. The number of rotatable bonds is 3. The Bertz CT molecular complexity index is 897. The second kappa shape index (κ2) is 5.95. The number of benzene rings is 1. The molecule has 0 radical (unpaired) electrons. The highest BCUT2D eigenvalue weighted by Gasteiger charge is 2.19. The molecule has 0 aliphatic carbocycles. The molecule has 1 aliphatic heterocycles. The standard InChI is InChI=1S/C20H23N3O/c1-13-18(15(3)24-22-13)12-23-10-8-16(9-11-23)20-14(2)21-19-7-5-4-6-17(19)20/h4-8,21H,9-12H2,1-3H3. The fraction of sp³-hybridized carbons (Fsp3) is 0.350. The number of fused-ring (bicyclic) bond motifs is 1. The van der Waals surface area contributed by atoms with Gasteiger partial charge in [-0.15, -0.1) is 0 Å². The van der Waals surface area contributed by atoms with Crippen LogP contribution in [-0.4, -0.2) is 28.1 Å². The van der Waals surface area contributed by atoms with Gasteiger partial charge in [-0.3, -0.25) is 4.90 Å². The van der Waals surface area contributed by atoms with Gasteiger partial charge in [0.25, 0.3) is 0 Å². The summed E-state index contributed by atoms with van der Waals surface area (Å²) in [5, 5.41) is 5.40. The van der Waals surface area contributed by atoms with Gasteiger partial charge >= 0.3 is 0 Å². The average molecular weight is 321 g/mol. The summed E-state index contributed by atoms with van der Waals surface area (Å²) in [5.74, 6) is 0.940. The molecule has 0 saturated heterocycles. The molecule has 124 valence electrons. The normalized spacial score (nSPS) is 15.9. The second-order valence-electron chi connectivity index (χ2n) is 6.69. The molecule has 0 amide bonds. The lowest BCUT2D eigenvalue weighted by Gasteiger charge is -2.26. The van der Waals surface area contributed by atoms with Crippen molar-refractivity contribution < 1.29 is 4.52 Å². The SMILES string of the molecule is Cc1noc(C)c1CN1CC=C(c2c(C)[nH]c3ccccc23)CC1. The Morgan fingerprint density at radius 2 is 2.04 bits per heavy atom. The van der Waals surface area contributed by atoms with E-state index in [2.05, 4.69) is 52.3 Å². The zero-order valence-corrected chi connectivity index (χ0v) is 14.5. The van der Waals surface area contributed by atoms with Gasteiger partial charge in [-0.2, -0.15) is 0 Å². The Labute approximate surface area is 142 Å². The van der Waals surface area contributed by atoms with Crippen LogP contribution >= 0.6 is 0 Å². The first kappa shape index (κ1) is 15.2. The van der Waals surface area contributed by atoms with Crippen molar-refractivity contribution in [1.29, 1.82) is 0 Å². The summed E-state index contributed by atoms with van der Waals surface area (Å²) in [6.07, 6.45) is 3.45. The Morgan fingerprint density at radius 1 is 1.21 bits per heavy atom. The number of H-pyrrole nitrogens is 1. The molecule has 4 nitrogen and oxygen atoms in total.